The van der Waals surface area contributed by atoms with E-state index in [2.05, 4.69) is 5.32 Å². The molecule has 1 heterocycles. The van der Waals surface area contributed by atoms with Crippen molar-refractivity contribution in [1.29, 1.82) is 0 Å². The summed E-state index contributed by atoms with van der Waals surface area (Å²) in [6.45, 7) is 3.13. The largest absolute Gasteiger partial charge is 0.465 e. The third-order valence-corrected chi connectivity index (χ3v) is 4.02. The smallest absolute Gasteiger partial charge is 0.407 e. The second-order valence-corrected chi connectivity index (χ2v) is 5.38. The van der Waals surface area contributed by atoms with Gasteiger partial charge in [-0.05, 0) is 62.5 Å². The minimum Gasteiger partial charge on any atom is -0.465 e. The van der Waals surface area contributed by atoms with Crippen LogP contribution in [0, 0.1) is 18.7 Å². The van der Waals surface area contributed by atoms with E-state index in [4.69, 9.17) is 0 Å². The number of piperidine rings is 1. The van der Waals surface area contributed by atoms with Crippen LogP contribution in [0.1, 0.15) is 30.0 Å². The van der Waals surface area contributed by atoms with E-state index < -0.39 is 6.09 Å². The van der Waals surface area contributed by atoms with Crippen LogP contribution in [0.15, 0.2) is 18.2 Å². The zero-order chi connectivity index (χ0) is 14.7. The van der Waals surface area contributed by atoms with Crippen molar-refractivity contribution in [1.82, 2.24) is 10.2 Å². The Morgan fingerprint density at radius 3 is 2.90 bits per heavy atom. The molecule has 0 aromatic heterocycles. The summed E-state index contributed by atoms with van der Waals surface area (Å²) in [6.07, 6.45) is 0.945. The van der Waals surface area contributed by atoms with Crippen LogP contribution in [-0.4, -0.2) is 36.2 Å². The molecule has 20 heavy (non-hydrogen) atoms. The van der Waals surface area contributed by atoms with Gasteiger partial charge in [-0.15, -0.1) is 0 Å². The number of halogens is 1. The van der Waals surface area contributed by atoms with E-state index in [0.29, 0.717) is 6.54 Å². The molecule has 1 aliphatic rings. The van der Waals surface area contributed by atoms with E-state index >= 15 is 0 Å². The summed E-state index contributed by atoms with van der Waals surface area (Å²) in [5.74, 6) is -0.0666. The predicted molar refractivity (Wildman–Crippen MR) is 75.3 cm³/mol. The number of nitrogens with zero attached hydrogens (tertiary/aromatic N) is 1. The van der Waals surface area contributed by atoms with Crippen LogP contribution in [0.5, 0.6) is 0 Å². The lowest BCUT2D eigenvalue weighted by Gasteiger charge is -2.40. The molecule has 0 saturated carbocycles. The fourth-order valence-electron chi connectivity index (χ4n) is 3.16. The maximum Gasteiger partial charge on any atom is 0.407 e. The second-order valence-electron chi connectivity index (χ2n) is 5.38. The van der Waals surface area contributed by atoms with Crippen LogP contribution in [0.2, 0.25) is 0 Å². The molecule has 110 valence electrons. The molecule has 4 nitrogen and oxygen atoms in total. The van der Waals surface area contributed by atoms with Crippen LogP contribution < -0.4 is 5.32 Å². The van der Waals surface area contributed by atoms with Crippen molar-refractivity contribution in [3.8, 4) is 0 Å². The van der Waals surface area contributed by atoms with E-state index in [1.165, 1.54) is 17.0 Å². The number of carbonyl (C=O) groups is 1. The second kappa shape index (κ2) is 6.22. The predicted octanol–water partition coefficient (Wildman–Crippen LogP) is 2.78. The summed E-state index contributed by atoms with van der Waals surface area (Å²) in [4.78, 5) is 13.0. The van der Waals surface area contributed by atoms with Gasteiger partial charge in [0.1, 0.15) is 5.82 Å². The van der Waals surface area contributed by atoms with Crippen molar-refractivity contribution in [3.63, 3.8) is 0 Å². The van der Waals surface area contributed by atoms with Gasteiger partial charge in [0.2, 0.25) is 0 Å². The lowest BCUT2D eigenvalue weighted by Crippen LogP contribution is -2.44. The molecule has 1 fully saturated rings. The summed E-state index contributed by atoms with van der Waals surface area (Å²) in [5, 5.41) is 12.6. The average molecular weight is 280 g/mol. The Morgan fingerprint density at radius 2 is 2.30 bits per heavy atom. The highest BCUT2D eigenvalue weighted by Gasteiger charge is 2.35. The molecule has 5 heteroatoms. The minimum absolute atomic E-state index is 0.200. The highest BCUT2D eigenvalue weighted by Crippen LogP contribution is 2.37. The molecule has 2 atom stereocenters. The molecule has 0 aliphatic carbocycles. The summed E-state index contributed by atoms with van der Waals surface area (Å²) >= 11 is 0. The zero-order valence-electron chi connectivity index (χ0n) is 11.9. The Morgan fingerprint density at radius 1 is 1.55 bits per heavy atom. The molecule has 1 saturated heterocycles. The number of benzene rings is 1. The quantitative estimate of drug-likeness (QED) is 0.895. The van der Waals surface area contributed by atoms with Crippen LogP contribution in [0.3, 0.4) is 0 Å². The van der Waals surface area contributed by atoms with Gasteiger partial charge in [0.15, 0.2) is 0 Å². The SMILES string of the molecule is CNCC1CCCN(C(=O)O)C1c1ccc(F)cc1C. The lowest BCUT2D eigenvalue weighted by atomic mass is 9.83. The van der Waals surface area contributed by atoms with Crippen LogP contribution in [0.25, 0.3) is 0 Å². The summed E-state index contributed by atoms with van der Waals surface area (Å²) in [6, 6.07) is 4.40. The number of aryl methyl sites for hydroxylation is 1. The van der Waals surface area contributed by atoms with Gasteiger partial charge in [0.25, 0.3) is 0 Å². The molecule has 2 unspecified atom stereocenters. The van der Waals surface area contributed by atoms with Crippen molar-refractivity contribution in [2.45, 2.75) is 25.8 Å². The van der Waals surface area contributed by atoms with E-state index in [-0.39, 0.29) is 17.8 Å². The summed E-state index contributed by atoms with van der Waals surface area (Å²) < 4.78 is 13.3. The van der Waals surface area contributed by atoms with Crippen molar-refractivity contribution >= 4 is 6.09 Å². The molecular formula is C15H21FN2O2. The summed E-state index contributed by atoms with van der Waals surface area (Å²) in [5.41, 5.74) is 1.72. The number of rotatable bonds is 3. The molecular weight excluding hydrogens is 259 g/mol. The number of carboxylic acid groups (broad SMARTS) is 1. The van der Waals surface area contributed by atoms with E-state index in [0.717, 1.165) is 30.5 Å². The normalized spacial score (nSPS) is 22.9. The first-order valence-corrected chi connectivity index (χ1v) is 6.94. The first-order valence-electron chi connectivity index (χ1n) is 6.94. The van der Waals surface area contributed by atoms with Crippen LogP contribution >= 0.6 is 0 Å². The third-order valence-electron chi connectivity index (χ3n) is 4.02. The molecule has 2 rings (SSSR count). The first kappa shape index (κ1) is 14.8. The molecule has 0 radical (unpaired) electrons. The maximum atomic E-state index is 13.3. The molecule has 1 aliphatic heterocycles. The molecule has 0 spiro atoms. The Hall–Kier alpha value is -1.62. The molecule has 1 aromatic carbocycles. The lowest BCUT2D eigenvalue weighted by molar-refractivity contribution is 0.0778. The van der Waals surface area contributed by atoms with Gasteiger partial charge >= 0.3 is 6.09 Å². The fraction of sp³-hybridized carbons (Fsp3) is 0.533. The Kier molecular flexibility index (Phi) is 4.60. The Bertz CT molecular complexity index is 491. The van der Waals surface area contributed by atoms with Crippen LogP contribution in [-0.2, 0) is 0 Å². The average Bonchev–Trinajstić information content (AvgIpc) is 2.39. The third kappa shape index (κ3) is 2.93. The van der Waals surface area contributed by atoms with Gasteiger partial charge in [0.05, 0.1) is 6.04 Å². The number of amides is 1. The van der Waals surface area contributed by atoms with E-state index in [9.17, 15) is 14.3 Å². The summed E-state index contributed by atoms with van der Waals surface area (Å²) in [7, 11) is 1.87. The van der Waals surface area contributed by atoms with Gasteiger partial charge < -0.3 is 15.3 Å². The van der Waals surface area contributed by atoms with Crippen molar-refractivity contribution in [2.24, 2.45) is 5.92 Å². The number of hydrogen-bond donors (Lipinski definition) is 2. The highest BCUT2D eigenvalue weighted by molar-refractivity contribution is 5.66. The molecule has 0 bridgehead atoms. The van der Waals surface area contributed by atoms with Gasteiger partial charge in [-0.2, -0.15) is 0 Å². The van der Waals surface area contributed by atoms with Gasteiger partial charge in [-0.1, -0.05) is 6.07 Å². The topological polar surface area (TPSA) is 52.6 Å². The molecule has 1 amide bonds. The van der Waals surface area contributed by atoms with Gasteiger partial charge in [-0.25, -0.2) is 9.18 Å². The van der Waals surface area contributed by atoms with Crippen molar-refractivity contribution in [2.75, 3.05) is 20.1 Å². The maximum absolute atomic E-state index is 13.3. The monoisotopic (exact) mass is 280 g/mol. The minimum atomic E-state index is -0.903. The van der Waals surface area contributed by atoms with Gasteiger partial charge in [-0.3, -0.25) is 0 Å². The first-order chi connectivity index (χ1) is 9.54. The number of likely N-dealkylation sites (tertiary alicyclic amines) is 1. The van der Waals surface area contributed by atoms with Crippen LogP contribution in [0.4, 0.5) is 9.18 Å². The Balaban J connectivity index is 2.40. The molecule has 2 N–H and O–H groups in total. The zero-order valence-corrected chi connectivity index (χ0v) is 11.9. The Labute approximate surface area is 118 Å². The van der Waals surface area contributed by atoms with Crippen molar-refractivity contribution in [3.05, 3.63) is 35.1 Å². The number of nitrogens with one attached hydrogen (secondary N) is 1. The van der Waals surface area contributed by atoms with Crippen molar-refractivity contribution < 1.29 is 14.3 Å². The van der Waals surface area contributed by atoms with E-state index in [1.807, 2.05) is 14.0 Å². The fourth-order valence-corrected chi connectivity index (χ4v) is 3.16. The van der Waals surface area contributed by atoms with E-state index in [1.54, 1.807) is 6.07 Å². The molecule has 1 aromatic rings. The highest BCUT2D eigenvalue weighted by atomic mass is 19.1. The van der Waals surface area contributed by atoms with Gasteiger partial charge in [0, 0.05) is 6.54 Å². The standard InChI is InChI=1S/C15H21FN2O2/c1-10-8-12(16)5-6-13(10)14-11(9-17-2)4-3-7-18(14)15(19)20/h5-6,8,11,14,17H,3-4,7,9H2,1-2H3,(H,19,20). The number of hydrogen-bond acceptors (Lipinski definition) is 2.